The predicted molar refractivity (Wildman–Crippen MR) is 65.7 cm³/mol. The Balaban J connectivity index is 1.78. The van der Waals surface area contributed by atoms with E-state index in [1.807, 2.05) is 6.20 Å². The quantitative estimate of drug-likeness (QED) is 0.774. The Hall–Kier alpha value is -1.09. The van der Waals surface area contributed by atoms with E-state index in [1.54, 1.807) is 0 Å². The van der Waals surface area contributed by atoms with Crippen LogP contribution in [0.4, 0.5) is 5.82 Å². The van der Waals surface area contributed by atoms with Gasteiger partial charge >= 0.3 is 0 Å². The van der Waals surface area contributed by atoms with E-state index in [0.717, 1.165) is 12.4 Å². The number of aromatic nitrogens is 1. The molecule has 0 bridgehead atoms. The lowest BCUT2D eigenvalue weighted by Gasteiger charge is -2.23. The van der Waals surface area contributed by atoms with E-state index >= 15 is 0 Å². The van der Waals surface area contributed by atoms with Crippen molar-refractivity contribution in [1.82, 2.24) is 10.3 Å². The maximum atomic E-state index is 4.48. The van der Waals surface area contributed by atoms with Crippen molar-refractivity contribution in [2.75, 3.05) is 31.1 Å². The van der Waals surface area contributed by atoms with Gasteiger partial charge in [-0.15, -0.1) is 0 Å². The van der Waals surface area contributed by atoms with Crippen LogP contribution in [0.15, 0.2) is 18.3 Å². The number of aryl methyl sites for hydroxylation is 1. The molecule has 3 nitrogen and oxygen atoms in total. The first-order valence-electron chi connectivity index (χ1n) is 6.16. The van der Waals surface area contributed by atoms with E-state index in [9.17, 15) is 0 Å². The van der Waals surface area contributed by atoms with Gasteiger partial charge < -0.3 is 10.2 Å². The molecule has 2 aliphatic heterocycles. The third-order valence-corrected chi connectivity index (χ3v) is 4.00. The van der Waals surface area contributed by atoms with Gasteiger partial charge in [0.25, 0.3) is 0 Å². The van der Waals surface area contributed by atoms with E-state index < -0.39 is 0 Å². The maximum Gasteiger partial charge on any atom is 0.128 e. The summed E-state index contributed by atoms with van der Waals surface area (Å²) in [5.41, 5.74) is 1.83. The molecule has 2 saturated heterocycles. The van der Waals surface area contributed by atoms with E-state index in [-0.39, 0.29) is 0 Å². The van der Waals surface area contributed by atoms with Crippen molar-refractivity contribution < 1.29 is 0 Å². The molecular formula is C13H19N3. The minimum Gasteiger partial charge on any atom is -0.356 e. The van der Waals surface area contributed by atoms with Crippen LogP contribution in [0.3, 0.4) is 0 Å². The monoisotopic (exact) mass is 217 g/mol. The van der Waals surface area contributed by atoms with Gasteiger partial charge in [0, 0.05) is 31.2 Å². The zero-order valence-corrected chi connectivity index (χ0v) is 9.87. The fourth-order valence-corrected chi connectivity index (χ4v) is 2.97. The van der Waals surface area contributed by atoms with Crippen molar-refractivity contribution >= 4 is 5.82 Å². The van der Waals surface area contributed by atoms with Crippen molar-refractivity contribution in [1.29, 1.82) is 0 Å². The van der Waals surface area contributed by atoms with Gasteiger partial charge in [-0.3, -0.25) is 0 Å². The Kier molecular flexibility index (Phi) is 2.36. The summed E-state index contributed by atoms with van der Waals surface area (Å²) in [6, 6.07) is 4.26. The first-order chi connectivity index (χ1) is 7.77. The summed E-state index contributed by atoms with van der Waals surface area (Å²) >= 11 is 0. The zero-order valence-electron chi connectivity index (χ0n) is 9.87. The first kappa shape index (κ1) is 10.1. The van der Waals surface area contributed by atoms with E-state index in [2.05, 4.69) is 34.3 Å². The van der Waals surface area contributed by atoms with Gasteiger partial charge in [0.15, 0.2) is 0 Å². The van der Waals surface area contributed by atoms with Gasteiger partial charge in [0.1, 0.15) is 5.82 Å². The minimum absolute atomic E-state index is 0.533. The summed E-state index contributed by atoms with van der Waals surface area (Å²) < 4.78 is 0. The summed E-state index contributed by atoms with van der Waals surface area (Å²) in [7, 11) is 0. The largest absolute Gasteiger partial charge is 0.356 e. The Morgan fingerprint density at radius 1 is 1.44 bits per heavy atom. The normalized spacial score (nSPS) is 29.2. The standard InChI is InChI=1S/C13H19N3/c1-11-2-5-15-12(8-11)16-7-4-13(10-16)3-6-14-9-13/h2,5,8,14H,3-4,6-7,9-10H2,1H3. The summed E-state index contributed by atoms with van der Waals surface area (Å²) in [5.74, 6) is 1.16. The zero-order chi connectivity index (χ0) is 11.0. The lowest BCUT2D eigenvalue weighted by atomic mass is 9.87. The number of anilines is 1. The molecule has 0 amide bonds. The molecule has 1 spiro atoms. The van der Waals surface area contributed by atoms with Gasteiger partial charge in [0.2, 0.25) is 0 Å². The average molecular weight is 217 g/mol. The van der Waals surface area contributed by atoms with Crippen LogP contribution in [0, 0.1) is 12.3 Å². The molecule has 0 aliphatic carbocycles. The average Bonchev–Trinajstić information content (AvgIpc) is 2.90. The van der Waals surface area contributed by atoms with Crippen LogP contribution in [0.25, 0.3) is 0 Å². The molecule has 86 valence electrons. The van der Waals surface area contributed by atoms with Crippen LogP contribution in [0.1, 0.15) is 18.4 Å². The van der Waals surface area contributed by atoms with Gasteiger partial charge in [-0.05, 0) is 44.0 Å². The second-order valence-corrected chi connectivity index (χ2v) is 5.29. The predicted octanol–water partition coefficient (Wildman–Crippen LogP) is 1.58. The third kappa shape index (κ3) is 1.69. The fourth-order valence-electron chi connectivity index (χ4n) is 2.97. The molecule has 1 aromatic heterocycles. The minimum atomic E-state index is 0.533. The van der Waals surface area contributed by atoms with Crippen molar-refractivity contribution in [2.24, 2.45) is 5.41 Å². The van der Waals surface area contributed by atoms with Crippen molar-refractivity contribution in [2.45, 2.75) is 19.8 Å². The van der Waals surface area contributed by atoms with Gasteiger partial charge in [-0.1, -0.05) is 0 Å². The molecular weight excluding hydrogens is 198 g/mol. The van der Waals surface area contributed by atoms with Crippen molar-refractivity contribution in [3.8, 4) is 0 Å². The molecule has 3 heteroatoms. The molecule has 3 heterocycles. The fraction of sp³-hybridized carbons (Fsp3) is 0.615. The highest BCUT2D eigenvalue weighted by Crippen LogP contribution is 2.37. The van der Waals surface area contributed by atoms with E-state index in [0.29, 0.717) is 5.41 Å². The number of nitrogens with one attached hydrogen (secondary N) is 1. The van der Waals surface area contributed by atoms with E-state index in [4.69, 9.17) is 0 Å². The summed E-state index contributed by atoms with van der Waals surface area (Å²) in [4.78, 5) is 6.93. The highest BCUT2D eigenvalue weighted by atomic mass is 15.2. The molecule has 3 rings (SSSR count). The van der Waals surface area contributed by atoms with Crippen LogP contribution < -0.4 is 10.2 Å². The lowest BCUT2D eigenvalue weighted by molar-refractivity contribution is 0.369. The van der Waals surface area contributed by atoms with Crippen LogP contribution >= 0.6 is 0 Å². The van der Waals surface area contributed by atoms with Crippen LogP contribution in [-0.2, 0) is 0 Å². The second kappa shape index (κ2) is 3.74. The summed E-state index contributed by atoms with van der Waals surface area (Å²) in [6.07, 6.45) is 4.56. The lowest BCUT2D eigenvalue weighted by Crippen LogP contribution is -2.29. The number of rotatable bonds is 1. The van der Waals surface area contributed by atoms with Crippen LogP contribution in [-0.4, -0.2) is 31.2 Å². The number of hydrogen-bond acceptors (Lipinski definition) is 3. The molecule has 2 aliphatic rings. The highest BCUT2D eigenvalue weighted by Gasteiger charge is 2.40. The van der Waals surface area contributed by atoms with E-state index in [1.165, 1.54) is 38.0 Å². The van der Waals surface area contributed by atoms with Gasteiger partial charge in [0.05, 0.1) is 0 Å². The second-order valence-electron chi connectivity index (χ2n) is 5.29. The molecule has 0 aromatic carbocycles. The van der Waals surface area contributed by atoms with Gasteiger partial charge in [-0.25, -0.2) is 4.98 Å². The summed E-state index contributed by atoms with van der Waals surface area (Å²) in [5, 5.41) is 3.49. The highest BCUT2D eigenvalue weighted by molar-refractivity contribution is 5.42. The first-order valence-corrected chi connectivity index (χ1v) is 6.16. The Morgan fingerprint density at radius 2 is 2.38 bits per heavy atom. The molecule has 1 N–H and O–H groups in total. The third-order valence-electron chi connectivity index (χ3n) is 4.00. The van der Waals surface area contributed by atoms with Gasteiger partial charge in [-0.2, -0.15) is 0 Å². The molecule has 0 radical (unpaired) electrons. The number of pyridine rings is 1. The Morgan fingerprint density at radius 3 is 3.12 bits per heavy atom. The maximum absolute atomic E-state index is 4.48. The molecule has 1 aromatic rings. The number of hydrogen-bond donors (Lipinski definition) is 1. The Bertz CT molecular complexity index is 383. The molecule has 1 unspecified atom stereocenters. The number of nitrogens with zero attached hydrogens (tertiary/aromatic N) is 2. The van der Waals surface area contributed by atoms with Crippen molar-refractivity contribution in [3.05, 3.63) is 23.9 Å². The molecule has 1 atom stereocenters. The molecule has 16 heavy (non-hydrogen) atoms. The topological polar surface area (TPSA) is 28.2 Å². The molecule has 2 fully saturated rings. The summed E-state index contributed by atoms with van der Waals surface area (Å²) in [6.45, 7) is 6.85. The smallest absolute Gasteiger partial charge is 0.128 e. The SMILES string of the molecule is Cc1ccnc(N2CCC3(CCNC3)C2)c1. The van der Waals surface area contributed by atoms with Crippen LogP contribution in [0.2, 0.25) is 0 Å². The van der Waals surface area contributed by atoms with Crippen molar-refractivity contribution in [3.63, 3.8) is 0 Å². The Labute approximate surface area is 96.9 Å². The van der Waals surface area contributed by atoms with Crippen LogP contribution in [0.5, 0.6) is 0 Å². The molecule has 0 saturated carbocycles.